The Morgan fingerprint density at radius 2 is 2.09 bits per heavy atom. The number of aliphatic carboxylic acids is 1. The molecule has 2 aliphatic heterocycles. The molecule has 0 aromatic carbocycles. The number of pyridine rings is 1. The van der Waals surface area contributed by atoms with Gasteiger partial charge in [-0.2, -0.15) is 14.6 Å². The number of rotatable bonds is 10. The lowest BCUT2D eigenvalue weighted by Crippen LogP contribution is -2.71. The lowest BCUT2D eigenvalue weighted by molar-refractivity contribution is -0.689. The Morgan fingerprint density at radius 1 is 1.33 bits per heavy atom. The number of nitrogens with one attached hydrogen (secondary N) is 3. The van der Waals surface area contributed by atoms with E-state index in [1.165, 1.54) is 22.9 Å². The van der Waals surface area contributed by atoms with Crippen LogP contribution in [0.4, 0.5) is 5.13 Å². The van der Waals surface area contributed by atoms with Crippen molar-refractivity contribution in [1.29, 1.82) is 5.26 Å². The Kier molecular flexibility index (Phi) is 9.24. The first-order chi connectivity index (χ1) is 22.1. The first kappa shape index (κ1) is 31.6. The van der Waals surface area contributed by atoms with Crippen LogP contribution in [-0.2, 0) is 25.8 Å². The van der Waals surface area contributed by atoms with Crippen LogP contribution in [0.3, 0.4) is 0 Å². The van der Waals surface area contributed by atoms with Crippen LogP contribution in [0, 0.1) is 11.5 Å². The number of anilines is 1. The average molecular weight is 666 g/mol. The van der Waals surface area contributed by atoms with Crippen molar-refractivity contribution in [1.82, 2.24) is 29.9 Å². The van der Waals surface area contributed by atoms with Crippen LogP contribution in [0.5, 0.6) is 0 Å². The number of hydrogen-bond acceptors (Lipinski definition) is 13. The Labute approximate surface area is 268 Å². The van der Waals surface area contributed by atoms with Gasteiger partial charge in [0.05, 0.1) is 0 Å². The average Bonchev–Trinajstić information content (AvgIpc) is 3.70. The van der Waals surface area contributed by atoms with Crippen molar-refractivity contribution < 1.29 is 33.7 Å². The van der Waals surface area contributed by atoms with E-state index in [4.69, 9.17) is 21.6 Å². The second kappa shape index (κ2) is 13.4. The van der Waals surface area contributed by atoms with Gasteiger partial charge in [-0.25, -0.2) is 9.36 Å². The summed E-state index contributed by atoms with van der Waals surface area (Å²) in [5, 5.41) is 26.7. The summed E-state index contributed by atoms with van der Waals surface area (Å²) >= 11 is 2.18. The number of H-pyrrole nitrogens is 1. The summed E-state index contributed by atoms with van der Waals surface area (Å²) in [6.07, 6.45) is 6.58. The van der Waals surface area contributed by atoms with Crippen LogP contribution in [-0.4, -0.2) is 83.5 Å². The number of nitrogens with zero attached hydrogens (tertiary/aromatic N) is 7. The third-order valence-corrected chi connectivity index (χ3v) is 8.51. The molecule has 46 heavy (non-hydrogen) atoms. The second-order valence-corrected chi connectivity index (χ2v) is 11.4. The number of aliphatic imine (C=N–C) groups is 1. The topological polar surface area (TPSA) is 271 Å². The van der Waals surface area contributed by atoms with Crippen LogP contribution < -0.4 is 26.7 Å². The second-order valence-electron chi connectivity index (χ2n) is 9.54. The lowest BCUT2D eigenvalue weighted by atomic mass is 10.0. The number of nitrogens with two attached hydrogens (primary N) is 2. The largest absolute Gasteiger partial charge is 0.477 e. The summed E-state index contributed by atoms with van der Waals surface area (Å²) in [6, 6.07) is 4.15. The Bertz CT molecular complexity index is 1840. The molecule has 2 atom stereocenters. The molecule has 3 aromatic rings. The summed E-state index contributed by atoms with van der Waals surface area (Å²) in [5.41, 5.74) is 12.8. The van der Waals surface area contributed by atoms with Gasteiger partial charge in [0.15, 0.2) is 24.1 Å². The predicted molar refractivity (Wildman–Crippen MR) is 163 cm³/mol. The molecule has 18 nitrogen and oxygen atoms in total. The van der Waals surface area contributed by atoms with Crippen molar-refractivity contribution in [2.75, 3.05) is 18.1 Å². The van der Waals surface area contributed by atoms with Crippen molar-refractivity contribution in [3.05, 3.63) is 59.6 Å². The highest BCUT2D eigenvalue weighted by molar-refractivity contribution is 8.00. The van der Waals surface area contributed by atoms with Gasteiger partial charge in [0.1, 0.15) is 29.4 Å². The highest BCUT2D eigenvalue weighted by atomic mass is 32.2. The lowest BCUT2D eigenvalue weighted by Gasteiger charge is -2.49. The van der Waals surface area contributed by atoms with Crippen molar-refractivity contribution in [2.24, 2.45) is 15.9 Å². The summed E-state index contributed by atoms with van der Waals surface area (Å²) < 4.78 is 5.74. The van der Waals surface area contributed by atoms with Crippen LogP contribution in [0.25, 0.3) is 11.1 Å². The van der Waals surface area contributed by atoms with Crippen molar-refractivity contribution in [2.45, 2.75) is 24.9 Å². The van der Waals surface area contributed by atoms with Gasteiger partial charge in [-0.3, -0.25) is 24.6 Å². The molecule has 0 aliphatic carbocycles. The van der Waals surface area contributed by atoms with Gasteiger partial charge >= 0.3 is 5.97 Å². The molecule has 3 aromatic heterocycles. The molecule has 3 amide bonds. The number of aromatic amines is 1. The van der Waals surface area contributed by atoms with E-state index in [0.717, 1.165) is 17.1 Å². The SMILES string of the molecule is CCO/N=C(/C(=O)NC1C(=O)N2C(C(=O)O)=C(C[n+]3ccc(-c4c[nH]c(C(=O)NC(N)=NC#N)c4)cc3)CSC12)c1nsc(N)n1. The summed E-state index contributed by atoms with van der Waals surface area (Å²) in [6.45, 7) is 2.03. The number of fused-ring (bicyclic) bond motifs is 1. The van der Waals surface area contributed by atoms with E-state index < -0.39 is 35.1 Å². The molecule has 2 unspecified atom stereocenters. The van der Waals surface area contributed by atoms with Gasteiger partial charge in [-0.15, -0.1) is 16.8 Å². The quantitative estimate of drug-likeness (QED) is 0.0384. The minimum atomic E-state index is -1.27. The molecule has 1 fully saturated rings. The maximum Gasteiger partial charge on any atom is 0.352 e. The zero-order valence-electron chi connectivity index (χ0n) is 23.8. The van der Waals surface area contributed by atoms with Gasteiger partial charge in [-0.05, 0) is 18.6 Å². The third-order valence-electron chi connectivity index (χ3n) is 6.63. The number of carbonyl (C=O) groups excluding carboxylic acids is 3. The third kappa shape index (κ3) is 6.49. The first-order valence-corrected chi connectivity index (χ1v) is 15.1. The number of aromatic nitrogens is 4. The summed E-state index contributed by atoms with van der Waals surface area (Å²) in [4.78, 5) is 67.1. The van der Waals surface area contributed by atoms with Gasteiger partial charge in [0, 0.05) is 46.8 Å². The Balaban J connectivity index is 1.27. The summed E-state index contributed by atoms with van der Waals surface area (Å²) in [5.74, 6) is -3.29. The predicted octanol–water partition coefficient (Wildman–Crippen LogP) is -0.892. The molecule has 236 valence electrons. The van der Waals surface area contributed by atoms with E-state index in [1.807, 2.05) is 0 Å². The number of hydrogen-bond donors (Lipinski definition) is 6. The van der Waals surface area contributed by atoms with Crippen molar-refractivity contribution in [3.63, 3.8) is 0 Å². The fraction of sp³-hybridized carbons (Fsp3) is 0.231. The van der Waals surface area contributed by atoms with Gasteiger partial charge in [0.25, 0.3) is 17.7 Å². The molecule has 5 rings (SSSR count). The van der Waals surface area contributed by atoms with E-state index in [-0.39, 0.29) is 52.9 Å². The molecule has 5 heterocycles. The van der Waals surface area contributed by atoms with E-state index in [2.05, 4.69) is 35.1 Å². The zero-order chi connectivity index (χ0) is 33.0. The number of carbonyl (C=O) groups is 4. The number of β-lactam (4-membered cyclic amide) rings is 1. The number of oxime groups is 1. The highest BCUT2D eigenvalue weighted by Gasteiger charge is 2.55. The number of thioether (sulfide) groups is 1. The molecule has 0 saturated carbocycles. The monoisotopic (exact) mass is 665 g/mol. The number of carboxylic acids is 1. The molecular formula is C26H25N12O6S2+. The Hall–Kier alpha value is -5.81. The maximum atomic E-state index is 13.2. The van der Waals surface area contributed by atoms with Gasteiger partial charge < -0.3 is 31.7 Å². The summed E-state index contributed by atoms with van der Waals surface area (Å²) in [7, 11) is 0. The van der Waals surface area contributed by atoms with Gasteiger partial charge in [-0.1, -0.05) is 5.16 Å². The zero-order valence-corrected chi connectivity index (χ0v) is 25.5. The minimum absolute atomic E-state index is 0.0561. The number of nitriles is 1. The van der Waals surface area contributed by atoms with E-state index in [0.29, 0.717) is 11.1 Å². The van der Waals surface area contributed by atoms with Crippen LogP contribution in [0.15, 0.2) is 58.2 Å². The number of amides is 3. The normalized spacial score (nSPS) is 17.9. The van der Waals surface area contributed by atoms with Crippen LogP contribution in [0.1, 0.15) is 23.2 Å². The van der Waals surface area contributed by atoms with Gasteiger partial charge in [0.2, 0.25) is 23.7 Å². The molecule has 2 aliphatic rings. The molecule has 1 saturated heterocycles. The van der Waals surface area contributed by atoms with Crippen molar-refractivity contribution in [3.8, 4) is 17.3 Å². The molecular weight excluding hydrogens is 640 g/mol. The number of guanidine groups is 1. The highest BCUT2D eigenvalue weighted by Crippen LogP contribution is 2.40. The molecule has 20 heteroatoms. The first-order valence-electron chi connectivity index (χ1n) is 13.3. The van der Waals surface area contributed by atoms with Crippen LogP contribution in [0.2, 0.25) is 0 Å². The molecule has 8 N–H and O–H groups in total. The van der Waals surface area contributed by atoms with E-state index in [1.54, 1.807) is 48.3 Å². The van der Waals surface area contributed by atoms with E-state index >= 15 is 0 Å². The Morgan fingerprint density at radius 3 is 2.74 bits per heavy atom. The number of nitrogen functional groups attached to an aromatic ring is 1. The molecule has 0 spiro atoms. The van der Waals surface area contributed by atoms with Crippen LogP contribution >= 0.6 is 23.3 Å². The van der Waals surface area contributed by atoms with E-state index in [9.17, 15) is 24.3 Å². The standard InChI is InChI=1S/C26H24N12O6S2/c1-2-44-35-16(19-33-26(29)46-36-19)21(40)32-17-22(41)38-18(24(42)43)14(10-45-23(17)38)9-37-5-3-12(4-6-37)13-7-15(30-8-13)20(39)34-25(28)31-11-27/h3-8,17,23H,2,9-10H2,1H3,(H7,28,29,31,32,33,34,36,39,40,42,43)/p+1/b35-16+. The molecule has 0 radical (unpaired) electrons. The smallest absolute Gasteiger partial charge is 0.352 e. The fourth-order valence-corrected chi connectivity index (χ4v) is 6.36. The molecule has 0 bridgehead atoms. The fourth-order valence-electron chi connectivity index (χ4n) is 4.59. The maximum absolute atomic E-state index is 13.2. The van der Waals surface area contributed by atoms with Crippen molar-refractivity contribution >= 4 is 63.8 Å². The minimum Gasteiger partial charge on any atom is -0.477 e. The number of carboxylic acid groups (broad SMARTS) is 1.